The number of hydrogen-bond donors (Lipinski definition) is 6. The molecule has 1 rings (SSSR count). The molecule has 0 aliphatic rings. The molecule has 0 bridgehead atoms. The zero-order valence-corrected chi connectivity index (χ0v) is 17.5. The van der Waals surface area contributed by atoms with E-state index in [1.54, 1.807) is 13.8 Å². The number of benzene rings is 1. The number of rotatable bonds is 12. The van der Waals surface area contributed by atoms with Gasteiger partial charge in [0.05, 0.1) is 12.5 Å². The van der Waals surface area contributed by atoms with Gasteiger partial charge in [-0.05, 0) is 17.9 Å². The van der Waals surface area contributed by atoms with Gasteiger partial charge in [-0.1, -0.05) is 44.2 Å². The molecule has 3 unspecified atom stereocenters. The Hall–Kier alpha value is -3.47. The van der Waals surface area contributed by atoms with Crippen LogP contribution in [0.1, 0.15) is 25.8 Å². The van der Waals surface area contributed by atoms with E-state index in [1.807, 2.05) is 30.3 Å². The summed E-state index contributed by atoms with van der Waals surface area (Å²) in [6.07, 6.45) is -0.273. The van der Waals surface area contributed by atoms with Crippen molar-refractivity contribution in [1.82, 2.24) is 16.0 Å². The van der Waals surface area contributed by atoms with Crippen molar-refractivity contribution < 1.29 is 29.1 Å². The second-order valence-electron chi connectivity index (χ2n) is 7.37. The maximum atomic E-state index is 12.7. The van der Waals surface area contributed by atoms with Gasteiger partial charge in [-0.2, -0.15) is 0 Å². The molecular formula is C20H29N5O6. The first-order chi connectivity index (χ1) is 14.5. The molecule has 11 heteroatoms. The third kappa shape index (κ3) is 9.26. The van der Waals surface area contributed by atoms with Crippen molar-refractivity contribution in [2.24, 2.45) is 17.4 Å². The van der Waals surface area contributed by atoms with Gasteiger partial charge < -0.3 is 32.5 Å². The molecule has 0 heterocycles. The van der Waals surface area contributed by atoms with Gasteiger partial charge in [0.25, 0.3) is 0 Å². The summed E-state index contributed by atoms with van der Waals surface area (Å²) in [4.78, 5) is 59.3. The van der Waals surface area contributed by atoms with E-state index in [0.717, 1.165) is 5.56 Å². The molecule has 3 atom stereocenters. The molecule has 0 fully saturated rings. The molecule has 11 nitrogen and oxygen atoms in total. The van der Waals surface area contributed by atoms with Crippen LogP contribution in [-0.4, -0.2) is 59.4 Å². The number of primary amides is 1. The van der Waals surface area contributed by atoms with Crippen LogP contribution in [0, 0.1) is 5.92 Å². The molecule has 0 saturated heterocycles. The van der Waals surface area contributed by atoms with Gasteiger partial charge in [-0.3, -0.25) is 24.0 Å². The zero-order chi connectivity index (χ0) is 23.6. The molecule has 0 radical (unpaired) electrons. The van der Waals surface area contributed by atoms with Crippen molar-refractivity contribution in [2.75, 3.05) is 6.54 Å². The number of aliphatic carboxylic acids is 1. The number of carbonyl (C=O) groups excluding carboxylic acids is 4. The number of amides is 4. The first kappa shape index (κ1) is 25.6. The molecular weight excluding hydrogens is 406 g/mol. The summed E-state index contributed by atoms with van der Waals surface area (Å²) in [6, 6.07) is 5.78. The summed E-state index contributed by atoms with van der Waals surface area (Å²) in [5.74, 6) is -4.71. The topological polar surface area (TPSA) is 194 Å². The minimum absolute atomic E-state index is 0.265. The average molecular weight is 435 g/mol. The minimum Gasteiger partial charge on any atom is -0.480 e. The van der Waals surface area contributed by atoms with Crippen molar-refractivity contribution >= 4 is 29.6 Å². The monoisotopic (exact) mass is 435 g/mol. The number of carboxylic acids is 1. The van der Waals surface area contributed by atoms with Crippen LogP contribution in [0.15, 0.2) is 30.3 Å². The van der Waals surface area contributed by atoms with E-state index in [2.05, 4.69) is 16.0 Å². The van der Waals surface area contributed by atoms with Gasteiger partial charge in [0.15, 0.2) is 0 Å². The third-order valence-electron chi connectivity index (χ3n) is 4.33. The fourth-order valence-electron chi connectivity index (χ4n) is 2.71. The molecule has 170 valence electrons. The Morgan fingerprint density at radius 1 is 0.968 bits per heavy atom. The second-order valence-corrected chi connectivity index (χ2v) is 7.37. The van der Waals surface area contributed by atoms with Crippen LogP contribution in [0.25, 0.3) is 0 Å². The van der Waals surface area contributed by atoms with Crippen LogP contribution in [0.3, 0.4) is 0 Å². The number of carboxylic acid groups (broad SMARTS) is 1. The van der Waals surface area contributed by atoms with Crippen LogP contribution in [-0.2, 0) is 30.4 Å². The Kier molecular flexibility index (Phi) is 10.1. The molecule has 0 spiro atoms. The van der Waals surface area contributed by atoms with Crippen molar-refractivity contribution in [3.63, 3.8) is 0 Å². The number of nitrogens with two attached hydrogens (primary N) is 2. The Bertz CT molecular complexity index is 799. The van der Waals surface area contributed by atoms with Crippen LogP contribution in [0.5, 0.6) is 0 Å². The minimum atomic E-state index is -1.39. The molecule has 1 aromatic carbocycles. The SMILES string of the molecule is CC(C)C(NC(=O)C(N)Cc1ccccc1)C(=O)NC(CC(N)=O)C(=O)NCC(=O)O. The highest BCUT2D eigenvalue weighted by Crippen LogP contribution is 2.06. The fourth-order valence-corrected chi connectivity index (χ4v) is 2.71. The van der Waals surface area contributed by atoms with Crippen molar-refractivity contribution in [2.45, 2.75) is 44.8 Å². The van der Waals surface area contributed by atoms with Gasteiger partial charge in [0, 0.05) is 0 Å². The van der Waals surface area contributed by atoms with Gasteiger partial charge in [0.1, 0.15) is 18.6 Å². The van der Waals surface area contributed by atoms with E-state index in [4.69, 9.17) is 16.6 Å². The number of nitrogens with one attached hydrogen (secondary N) is 3. The predicted molar refractivity (Wildman–Crippen MR) is 111 cm³/mol. The summed E-state index contributed by atoms with van der Waals surface area (Å²) < 4.78 is 0. The van der Waals surface area contributed by atoms with Gasteiger partial charge in [-0.25, -0.2) is 0 Å². The molecule has 0 saturated carbocycles. The van der Waals surface area contributed by atoms with Gasteiger partial charge in [0.2, 0.25) is 23.6 Å². The number of hydrogen-bond acceptors (Lipinski definition) is 6. The van der Waals surface area contributed by atoms with E-state index in [-0.39, 0.29) is 12.3 Å². The molecule has 0 aliphatic heterocycles. The summed E-state index contributed by atoms with van der Waals surface area (Å²) in [5, 5.41) is 15.7. The summed E-state index contributed by atoms with van der Waals surface area (Å²) >= 11 is 0. The lowest BCUT2D eigenvalue weighted by Crippen LogP contribution is -2.58. The van der Waals surface area contributed by atoms with Gasteiger partial charge >= 0.3 is 5.97 Å². The maximum Gasteiger partial charge on any atom is 0.322 e. The quantitative estimate of drug-likeness (QED) is 0.224. The van der Waals surface area contributed by atoms with Crippen LogP contribution >= 0.6 is 0 Å². The molecule has 0 aliphatic carbocycles. The molecule has 8 N–H and O–H groups in total. The van der Waals surface area contributed by atoms with E-state index in [9.17, 15) is 24.0 Å². The standard InChI is InChI=1S/C20H29N5O6/c1-11(2)17(25-18(29)13(21)8-12-6-4-3-5-7-12)20(31)24-14(9-15(22)26)19(30)23-10-16(27)28/h3-7,11,13-14,17H,8-10,21H2,1-2H3,(H2,22,26)(H,23,30)(H,24,31)(H,25,29)(H,27,28). The Balaban J connectivity index is 2.82. The second kappa shape index (κ2) is 12.3. The molecule has 4 amide bonds. The first-order valence-electron chi connectivity index (χ1n) is 9.69. The predicted octanol–water partition coefficient (Wildman–Crippen LogP) is -1.74. The van der Waals surface area contributed by atoms with Crippen LogP contribution in [0.4, 0.5) is 0 Å². The molecule has 0 aromatic heterocycles. The van der Waals surface area contributed by atoms with E-state index in [1.165, 1.54) is 0 Å². The lowest BCUT2D eigenvalue weighted by molar-refractivity contribution is -0.139. The highest BCUT2D eigenvalue weighted by atomic mass is 16.4. The van der Waals surface area contributed by atoms with Crippen molar-refractivity contribution in [1.29, 1.82) is 0 Å². The Morgan fingerprint density at radius 2 is 1.58 bits per heavy atom. The Morgan fingerprint density at radius 3 is 2.10 bits per heavy atom. The largest absolute Gasteiger partial charge is 0.480 e. The van der Waals surface area contributed by atoms with Crippen LogP contribution < -0.4 is 27.4 Å². The lowest BCUT2D eigenvalue weighted by Gasteiger charge is -2.26. The third-order valence-corrected chi connectivity index (χ3v) is 4.33. The van der Waals surface area contributed by atoms with E-state index >= 15 is 0 Å². The Labute approximate surface area is 179 Å². The summed E-state index contributed by atoms with van der Waals surface area (Å²) in [5.41, 5.74) is 11.9. The van der Waals surface area contributed by atoms with Crippen LogP contribution in [0.2, 0.25) is 0 Å². The molecule has 1 aromatic rings. The highest BCUT2D eigenvalue weighted by Gasteiger charge is 2.30. The first-order valence-corrected chi connectivity index (χ1v) is 9.69. The molecule has 31 heavy (non-hydrogen) atoms. The van der Waals surface area contributed by atoms with Gasteiger partial charge in [-0.15, -0.1) is 0 Å². The maximum absolute atomic E-state index is 12.7. The summed E-state index contributed by atoms with van der Waals surface area (Å²) in [6.45, 7) is 2.67. The summed E-state index contributed by atoms with van der Waals surface area (Å²) in [7, 11) is 0. The van der Waals surface area contributed by atoms with E-state index in [0.29, 0.717) is 0 Å². The number of carbonyl (C=O) groups is 5. The lowest BCUT2D eigenvalue weighted by atomic mass is 10.0. The zero-order valence-electron chi connectivity index (χ0n) is 17.5. The van der Waals surface area contributed by atoms with Crippen molar-refractivity contribution in [3.05, 3.63) is 35.9 Å². The average Bonchev–Trinajstić information content (AvgIpc) is 2.69. The fraction of sp³-hybridized carbons (Fsp3) is 0.450. The van der Waals surface area contributed by atoms with E-state index < -0.39 is 60.7 Å². The van der Waals surface area contributed by atoms with Crippen molar-refractivity contribution in [3.8, 4) is 0 Å². The highest BCUT2D eigenvalue weighted by molar-refractivity contribution is 5.95. The normalized spacial score (nSPS) is 13.5. The smallest absolute Gasteiger partial charge is 0.322 e.